The SMILES string of the molecule is O=C[C@]1(COC(=O)c2ccccc2)CCCc2cc(Cl)ccc21. The van der Waals surface area contributed by atoms with E-state index < -0.39 is 11.4 Å². The summed E-state index contributed by atoms with van der Waals surface area (Å²) in [4.78, 5) is 24.0. The quantitative estimate of drug-likeness (QED) is 0.630. The van der Waals surface area contributed by atoms with Gasteiger partial charge in [0.05, 0.1) is 11.0 Å². The lowest BCUT2D eigenvalue weighted by Crippen LogP contribution is -2.38. The van der Waals surface area contributed by atoms with Crippen molar-refractivity contribution in [3.63, 3.8) is 0 Å². The highest BCUT2D eigenvalue weighted by Crippen LogP contribution is 2.37. The molecule has 1 aliphatic carbocycles. The van der Waals surface area contributed by atoms with E-state index in [2.05, 4.69) is 0 Å². The fourth-order valence-corrected chi connectivity index (χ4v) is 3.34. The Hall–Kier alpha value is -2.13. The van der Waals surface area contributed by atoms with Crippen molar-refractivity contribution < 1.29 is 14.3 Å². The third kappa shape index (κ3) is 3.15. The molecule has 23 heavy (non-hydrogen) atoms. The van der Waals surface area contributed by atoms with Crippen LogP contribution in [0.3, 0.4) is 0 Å². The molecule has 0 aliphatic heterocycles. The van der Waals surface area contributed by atoms with Gasteiger partial charge < -0.3 is 9.53 Å². The van der Waals surface area contributed by atoms with Crippen molar-refractivity contribution in [2.45, 2.75) is 24.7 Å². The van der Waals surface area contributed by atoms with Gasteiger partial charge in [-0.25, -0.2) is 4.79 Å². The summed E-state index contributed by atoms with van der Waals surface area (Å²) >= 11 is 6.05. The molecule has 0 spiro atoms. The molecule has 0 heterocycles. The molecule has 3 nitrogen and oxygen atoms in total. The van der Waals surface area contributed by atoms with Gasteiger partial charge in [0.25, 0.3) is 0 Å². The van der Waals surface area contributed by atoms with Gasteiger partial charge in [0.15, 0.2) is 0 Å². The summed E-state index contributed by atoms with van der Waals surface area (Å²) < 4.78 is 5.45. The van der Waals surface area contributed by atoms with E-state index in [-0.39, 0.29) is 6.61 Å². The zero-order valence-electron chi connectivity index (χ0n) is 12.6. The highest BCUT2D eigenvalue weighted by atomic mass is 35.5. The van der Waals surface area contributed by atoms with E-state index in [0.717, 1.165) is 30.3 Å². The molecule has 2 aromatic rings. The predicted octanol–water partition coefficient (Wildman–Crippen LogP) is 3.97. The number of aldehydes is 1. The van der Waals surface area contributed by atoms with E-state index in [9.17, 15) is 9.59 Å². The van der Waals surface area contributed by atoms with Crippen molar-refractivity contribution >= 4 is 23.9 Å². The number of fused-ring (bicyclic) bond motifs is 1. The van der Waals surface area contributed by atoms with E-state index >= 15 is 0 Å². The Bertz CT molecular complexity index is 727. The van der Waals surface area contributed by atoms with Crippen LogP contribution in [0.4, 0.5) is 0 Å². The molecular formula is C19H17ClO3. The molecule has 0 saturated heterocycles. The van der Waals surface area contributed by atoms with Crippen LogP contribution in [0.2, 0.25) is 5.02 Å². The van der Waals surface area contributed by atoms with E-state index in [1.807, 2.05) is 18.2 Å². The topological polar surface area (TPSA) is 43.4 Å². The lowest BCUT2D eigenvalue weighted by atomic mass is 9.71. The Morgan fingerprint density at radius 2 is 2.00 bits per heavy atom. The van der Waals surface area contributed by atoms with Crippen LogP contribution >= 0.6 is 11.6 Å². The van der Waals surface area contributed by atoms with Crippen LogP contribution in [0.15, 0.2) is 48.5 Å². The fourth-order valence-electron chi connectivity index (χ4n) is 3.14. The number of carbonyl (C=O) groups excluding carboxylic acids is 2. The number of halogens is 1. The number of esters is 1. The van der Waals surface area contributed by atoms with Gasteiger partial charge in [-0.05, 0) is 54.7 Å². The minimum atomic E-state index is -0.775. The first-order chi connectivity index (χ1) is 11.1. The van der Waals surface area contributed by atoms with Crippen LogP contribution in [0.5, 0.6) is 0 Å². The van der Waals surface area contributed by atoms with Gasteiger partial charge in [-0.1, -0.05) is 35.9 Å². The molecule has 0 unspecified atom stereocenters. The largest absolute Gasteiger partial charge is 0.461 e. The minimum Gasteiger partial charge on any atom is -0.461 e. The smallest absolute Gasteiger partial charge is 0.338 e. The van der Waals surface area contributed by atoms with E-state index in [1.165, 1.54) is 0 Å². The molecule has 0 bridgehead atoms. The first kappa shape index (κ1) is 15.8. The second kappa shape index (κ2) is 6.55. The van der Waals surface area contributed by atoms with Gasteiger partial charge in [0, 0.05) is 5.02 Å². The summed E-state index contributed by atoms with van der Waals surface area (Å²) in [6, 6.07) is 14.4. The molecule has 0 N–H and O–H groups in total. The predicted molar refractivity (Wildman–Crippen MR) is 88.9 cm³/mol. The molecule has 0 radical (unpaired) electrons. The number of aryl methyl sites for hydroxylation is 1. The normalized spacial score (nSPS) is 19.7. The summed E-state index contributed by atoms with van der Waals surface area (Å²) in [5.74, 6) is -0.409. The molecule has 4 heteroatoms. The van der Waals surface area contributed by atoms with Crippen LogP contribution < -0.4 is 0 Å². The van der Waals surface area contributed by atoms with Gasteiger partial charge in [0.2, 0.25) is 0 Å². The zero-order valence-corrected chi connectivity index (χ0v) is 13.4. The van der Waals surface area contributed by atoms with E-state index in [0.29, 0.717) is 17.0 Å². The van der Waals surface area contributed by atoms with Crippen LogP contribution in [0, 0.1) is 0 Å². The zero-order chi connectivity index (χ0) is 16.3. The summed E-state index contributed by atoms with van der Waals surface area (Å²) in [5.41, 5.74) is 1.69. The van der Waals surface area contributed by atoms with Gasteiger partial charge in [-0.3, -0.25) is 0 Å². The fraction of sp³-hybridized carbons (Fsp3) is 0.263. The number of hydrogen-bond donors (Lipinski definition) is 0. The van der Waals surface area contributed by atoms with Crippen molar-refractivity contribution in [2.24, 2.45) is 0 Å². The summed E-state index contributed by atoms with van der Waals surface area (Å²) in [5, 5.41) is 0.659. The van der Waals surface area contributed by atoms with Crippen LogP contribution in [-0.4, -0.2) is 18.9 Å². The molecule has 0 saturated carbocycles. The molecule has 118 valence electrons. The average molecular weight is 329 g/mol. The molecular weight excluding hydrogens is 312 g/mol. The lowest BCUT2D eigenvalue weighted by molar-refractivity contribution is -0.114. The van der Waals surface area contributed by atoms with Crippen molar-refractivity contribution in [1.29, 1.82) is 0 Å². The summed E-state index contributed by atoms with van der Waals surface area (Å²) in [6.07, 6.45) is 3.34. The maximum atomic E-state index is 12.2. The monoisotopic (exact) mass is 328 g/mol. The Labute approximate surface area is 140 Å². The number of rotatable bonds is 4. The molecule has 0 aromatic heterocycles. The second-order valence-corrected chi connectivity index (χ2v) is 6.31. The van der Waals surface area contributed by atoms with Gasteiger partial charge in [-0.15, -0.1) is 0 Å². The third-order valence-corrected chi connectivity index (χ3v) is 4.60. The van der Waals surface area contributed by atoms with E-state index in [4.69, 9.17) is 16.3 Å². The second-order valence-electron chi connectivity index (χ2n) is 5.87. The molecule has 1 atom stereocenters. The van der Waals surface area contributed by atoms with Gasteiger partial charge in [0.1, 0.15) is 12.9 Å². The highest BCUT2D eigenvalue weighted by molar-refractivity contribution is 6.30. The van der Waals surface area contributed by atoms with Gasteiger partial charge in [-0.2, -0.15) is 0 Å². The van der Waals surface area contributed by atoms with Crippen molar-refractivity contribution in [2.75, 3.05) is 6.61 Å². The number of benzene rings is 2. The summed E-state index contributed by atoms with van der Waals surface area (Å²) in [7, 11) is 0. The highest BCUT2D eigenvalue weighted by Gasteiger charge is 2.38. The van der Waals surface area contributed by atoms with Crippen LogP contribution in [-0.2, 0) is 21.4 Å². The maximum absolute atomic E-state index is 12.2. The standard InChI is InChI=1S/C19H17ClO3/c20-16-8-9-17-15(11-16)7-4-10-19(17,12-21)13-23-18(22)14-5-2-1-3-6-14/h1-3,5-6,8-9,11-12H,4,7,10,13H2/t19-/m0/s1. The Kier molecular flexibility index (Phi) is 4.49. The molecule has 3 rings (SSSR count). The van der Waals surface area contributed by atoms with Crippen molar-refractivity contribution in [3.8, 4) is 0 Å². The molecule has 2 aromatic carbocycles. The Balaban J connectivity index is 1.83. The maximum Gasteiger partial charge on any atom is 0.338 e. The number of carbonyl (C=O) groups is 2. The molecule has 0 fully saturated rings. The minimum absolute atomic E-state index is 0.0544. The van der Waals surface area contributed by atoms with Crippen molar-refractivity contribution in [1.82, 2.24) is 0 Å². The first-order valence-electron chi connectivity index (χ1n) is 7.62. The Morgan fingerprint density at radius 1 is 1.22 bits per heavy atom. The van der Waals surface area contributed by atoms with Crippen LogP contribution in [0.1, 0.15) is 34.3 Å². The average Bonchev–Trinajstić information content (AvgIpc) is 2.60. The Morgan fingerprint density at radius 3 is 2.74 bits per heavy atom. The molecule has 0 amide bonds. The van der Waals surface area contributed by atoms with E-state index in [1.54, 1.807) is 30.3 Å². The van der Waals surface area contributed by atoms with Crippen LogP contribution in [0.25, 0.3) is 0 Å². The summed E-state index contributed by atoms with van der Waals surface area (Å²) in [6.45, 7) is 0.0544. The first-order valence-corrected chi connectivity index (χ1v) is 8.00. The van der Waals surface area contributed by atoms with Gasteiger partial charge >= 0.3 is 5.97 Å². The number of hydrogen-bond acceptors (Lipinski definition) is 3. The molecule has 1 aliphatic rings. The number of ether oxygens (including phenoxy) is 1. The van der Waals surface area contributed by atoms with Crippen molar-refractivity contribution in [3.05, 3.63) is 70.2 Å². The third-order valence-electron chi connectivity index (χ3n) is 4.37. The lowest BCUT2D eigenvalue weighted by Gasteiger charge is -2.34.